The van der Waals surface area contributed by atoms with Crippen LogP contribution in [0.4, 0.5) is 16.2 Å². The molecular weight excluding hydrogens is 394 g/mol. The van der Waals surface area contributed by atoms with Crippen molar-refractivity contribution in [3.8, 4) is 0 Å². The number of nitrogens with zero attached hydrogens (tertiary/aromatic N) is 2. The summed E-state index contributed by atoms with van der Waals surface area (Å²) in [5.41, 5.74) is 0.816. The SMILES string of the molecule is O=C(NCCNc1ccc([N+](=O)[O-])cc1)NCC(c1cccs1)N1CCOCC1. The average Bonchev–Trinajstić information content (AvgIpc) is 3.27. The molecule has 1 atom stereocenters. The molecule has 1 fully saturated rings. The van der Waals surface area contributed by atoms with Gasteiger partial charge in [0.1, 0.15) is 0 Å². The second kappa shape index (κ2) is 10.7. The maximum absolute atomic E-state index is 12.2. The molecule has 0 spiro atoms. The smallest absolute Gasteiger partial charge is 0.314 e. The van der Waals surface area contributed by atoms with E-state index in [1.165, 1.54) is 17.0 Å². The van der Waals surface area contributed by atoms with E-state index < -0.39 is 4.92 Å². The van der Waals surface area contributed by atoms with Crippen LogP contribution in [0.3, 0.4) is 0 Å². The first-order valence-electron chi connectivity index (χ1n) is 9.49. The summed E-state index contributed by atoms with van der Waals surface area (Å²) in [6, 6.07) is 10.2. The summed E-state index contributed by atoms with van der Waals surface area (Å²) in [4.78, 5) is 26.0. The molecule has 1 aliphatic heterocycles. The molecule has 29 heavy (non-hydrogen) atoms. The first-order chi connectivity index (χ1) is 14.1. The number of carbonyl (C=O) groups excluding carboxylic acids is 1. The van der Waals surface area contributed by atoms with E-state index in [2.05, 4.69) is 26.9 Å². The van der Waals surface area contributed by atoms with Crippen molar-refractivity contribution in [1.29, 1.82) is 0 Å². The number of rotatable bonds is 9. The van der Waals surface area contributed by atoms with E-state index in [-0.39, 0.29) is 17.8 Å². The Kier molecular flexibility index (Phi) is 7.79. The number of ether oxygens (including phenoxy) is 1. The fraction of sp³-hybridized carbons (Fsp3) is 0.421. The van der Waals surface area contributed by atoms with Crippen LogP contribution in [0, 0.1) is 10.1 Å². The van der Waals surface area contributed by atoms with E-state index in [9.17, 15) is 14.9 Å². The van der Waals surface area contributed by atoms with Crippen LogP contribution in [0.2, 0.25) is 0 Å². The highest BCUT2D eigenvalue weighted by atomic mass is 32.1. The number of hydrogen-bond acceptors (Lipinski definition) is 7. The molecule has 2 aromatic rings. The normalized spacial score (nSPS) is 15.4. The minimum Gasteiger partial charge on any atom is -0.383 e. The van der Waals surface area contributed by atoms with Crippen molar-refractivity contribution in [2.24, 2.45) is 0 Å². The number of nitro benzene ring substituents is 1. The Morgan fingerprint density at radius 1 is 1.17 bits per heavy atom. The molecule has 1 aromatic carbocycles. The minimum atomic E-state index is -0.434. The molecule has 1 saturated heterocycles. The highest BCUT2D eigenvalue weighted by Gasteiger charge is 2.23. The van der Waals surface area contributed by atoms with E-state index >= 15 is 0 Å². The van der Waals surface area contributed by atoms with Gasteiger partial charge in [0, 0.05) is 55.4 Å². The van der Waals surface area contributed by atoms with Crippen LogP contribution in [0.15, 0.2) is 41.8 Å². The molecule has 3 rings (SSSR count). The van der Waals surface area contributed by atoms with Crippen molar-refractivity contribution in [3.05, 3.63) is 56.8 Å². The monoisotopic (exact) mass is 419 g/mol. The Morgan fingerprint density at radius 3 is 2.59 bits per heavy atom. The number of non-ortho nitro benzene ring substituents is 1. The molecule has 10 heteroatoms. The number of amides is 2. The van der Waals surface area contributed by atoms with E-state index in [0.29, 0.717) is 32.8 Å². The van der Waals surface area contributed by atoms with Gasteiger partial charge in [-0.3, -0.25) is 15.0 Å². The molecule has 2 heterocycles. The Balaban J connectivity index is 1.39. The van der Waals surface area contributed by atoms with Crippen LogP contribution in [0.5, 0.6) is 0 Å². The lowest BCUT2D eigenvalue weighted by atomic mass is 10.2. The molecule has 0 bridgehead atoms. The predicted octanol–water partition coefficient (Wildman–Crippen LogP) is 2.44. The van der Waals surface area contributed by atoms with Gasteiger partial charge in [-0.1, -0.05) is 6.07 Å². The van der Waals surface area contributed by atoms with Gasteiger partial charge in [0.2, 0.25) is 0 Å². The Morgan fingerprint density at radius 2 is 1.93 bits per heavy atom. The molecule has 2 amide bonds. The topological polar surface area (TPSA) is 109 Å². The van der Waals surface area contributed by atoms with Crippen LogP contribution < -0.4 is 16.0 Å². The van der Waals surface area contributed by atoms with Crippen LogP contribution in [0.1, 0.15) is 10.9 Å². The third-order valence-electron chi connectivity index (χ3n) is 4.63. The minimum absolute atomic E-state index is 0.0496. The number of hydrogen-bond donors (Lipinski definition) is 3. The van der Waals surface area contributed by atoms with Gasteiger partial charge in [-0.2, -0.15) is 0 Å². The number of thiophene rings is 1. The van der Waals surface area contributed by atoms with Crippen molar-refractivity contribution in [2.75, 3.05) is 51.3 Å². The van der Waals surface area contributed by atoms with Gasteiger partial charge >= 0.3 is 6.03 Å². The van der Waals surface area contributed by atoms with Gasteiger partial charge in [-0.15, -0.1) is 11.3 Å². The summed E-state index contributed by atoms with van der Waals surface area (Å²) >= 11 is 1.69. The molecule has 3 N–H and O–H groups in total. The fourth-order valence-corrected chi connectivity index (χ4v) is 3.98. The quantitative estimate of drug-likeness (QED) is 0.327. The molecule has 1 aromatic heterocycles. The number of nitro groups is 1. The maximum atomic E-state index is 12.2. The van der Waals surface area contributed by atoms with Crippen LogP contribution in [0.25, 0.3) is 0 Å². The standard InChI is InChI=1S/C19H25N5O4S/c25-19(21-8-7-20-15-3-5-16(6-4-15)24(26)27)22-14-17(18-2-1-13-29-18)23-9-11-28-12-10-23/h1-6,13,17,20H,7-12,14H2,(H2,21,22,25). The lowest BCUT2D eigenvalue weighted by Crippen LogP contribution is -2.46. The summed E-state index contributed by atoms with van der Waals surface area (Å²) in [6.07, 6.45) is 0. The van der Waals surface area contributed by atoms with Gasteiger partial charge in [0.25, 0.3) is 5.69 Å². The van der Waals surface area contributed by atoms with Crippen molar-refractivity contribution in [1.82, 2.24) is 15.5 Å². The maximum Gasteiger partial charge on any atom is 0.314 e. The third kappa shape index (κ3) is 6.41. The molecule has 1 unspecified atom stereocenters. The van der Waals surface area contributed by atoms with E-state index in [1.807, 2.05) is 11.4 Å². The average molecular weight is 420 g/mol. The fourth-order valence-electron chi connectivity index (χ4n) is 3.12. The van der Waals surface area contributed by atoms with Gasteiger partial charge in [-0.25, -0.2) is 4.79 Å². The Hall–Kier alpha value is -2.69. The second-order valence-electron chi connectivity index (χ2n) is 6.55. The molecule has 0 aliphatic carbocycles. The molecule has 9 nitrogen and oxygen atoms in total. The second-order valence-corrected chi connectivity index (χ2v) is 7.53. The number of morpholine rings is 1. The highest BCUT2D eigenvalue weighted by molar-refractivity contribution is 7.10. The molecule has 0 saturated carbocycles. The molecule has 0 radical (unpaired) electrons. The Bertz CT molecular complexity index is 778. The first kappa shape index (κ1) is 21.0. The van der Waals surface area contributed by atoms with Gasteiger partial charge in [0.05, 0.1) is 24.2 Å². The van der Waals surface area contributed by atoms with Gasteiger partial charge in [-0.05, 0) is 23.6 Å². The number of benzene rings is 1. The van der Waals surface area contributed by atoms with Crippen LogP contribution in [-0.4, -0.2) is 61.8 Å². The van der Waals surface area contributed by atoms with Gasteiger partial charge in [0.15, 0.2) is 0 Å². The van der Waals surface area contributed by atoms with Crippen LogP contribution in [-0.2, 0) is 4.74 Å². The lowest BCUT2D eigenvalue weighted by molar-refractivity contribution is -0.384. The zero-order valence-corrected chi connectivity index (χ0v) is 16.8. The first-order valence-corrected chi connectivity index (χ1v) is 10.4. The number of urea groups is 1. The third-order valence-corrected chi connectivity index (χ3v) is 5.61. The zero-order chi connectivity index (χ0) is 20.5. The van der Waals surface area contributed by atoms with E-state index in [0.717, 1.165) is 18.8 Å². The van der Waals surface area contributed by atoms with E-state index in [1.54, 1.807) is 23.5 Å². The highest BCUT2D eigenvalue weighted by Crippen LogP contribution is 2.25. The summed E-state index contributed by atoms with van der Waals surface area (Å²) in [5.74, 6) is 0. The summed E-state index contributed by atoms with van der Waals surface area (Å²) in [7, 11) is 0. The van der Waals surface area contributed by atoms with Crippen LogP contribution >= 0.6 is 11.3 Å². The predicted molar refractivity (Wildman–Crippen MR) is 112 cm³/mol. The van der Waals surface area contributed by atoms with Crippen molar-refractivity contribution < 1.29 is 14.5 Å². The lowest BCUT2D eigenvalue weighted by Gasteiger charge is -2.34. The molecule has 156 valence electrons. The zero-order valence-electron chi connectivity index (χ0n) is 16.0. The van der Waals surface area contributed by atoms with Crippen molar-refractivity contribution in [2.45, 2.75) is 6.04 Å². The largest absolute Gasteiger partial charge is 0.383 e. The number of nitrogens with one attached hydrogen (secondary N) is 3. The van der Waals surface area contributed by atoms with E-state index in [4.69, 9.17) is 4.74 Å². The summed E-state index contributed by atoms with van der Waals surface area (Å²) < 4.78 is 5.43. The van der Waals surface area contributed by atoms with Crippen molar-refractivity contribution >= 4 is 28.7 Å². The van der Waals surface area contributed by atoms with Gasteiger partial charge < -0.3 is 20.7 Å². The Labute approximate surface area is 173 Å². The molecule has 1 aliphatic rings. The van der Waals surface area contributed by atoms with Crippen molar-refractivity contribution in [3.63, 3.8) is 0 Å². The number of anilines is 1. The summed E-state index contributed by atoms with van der Waals surface area (Å²) in [5, 5.41) is 21.6. The summed E-state index contributed by atoms with van der Waals surface area (Å²) in [6.45, 7) is 4.61. The molecular formula is C19H25N5O4S. The number of carbonyl (C=O) groups is 1.